The van der Waals surface area contributed by atoms with Gasteiger partial charge in [0.1, 0.15) is 0 Å². The van der Waals surface area contributed by atoms with Crippen LogP contribution in [0.25, 0.3) is 0 Å². The first-order valence-corrected chi connectivity index (χ1v) is 7.76. The fourth-order valence-electron chi connectivity index (χ4n) is 2.05. The van der Waals surface area contributed by atoms with Crippen LogP contribution < -0.4 is 0 Å². The topological polar surface area (TPSA) is 80.7 Å². The number of hydrogen-bond donors (Lipinski definition) is 1. The Bertz CT molecular complexity index is 437. The van der Waals surface area contributed by atoms with Crippen molar-refractivity contribution in [2.45, 2.75) is 50.0 Å². The van der Waals surface area contributed by atoms with Crippen LogP contribution in [0.1, 0.15) is 38.5 Å². The van der Waals surface area contributed by atoms with Crippen molar-refractivity contribution in [1.29, 1.82) is 0 Å². The van der Waals surface area contributed by atoms with Gasteiger partial charge in [0, 0.05) is 6.42 Å². The molecular weight excluding hydrogens is 428 g/mol. The monoisotopic (exact) mass is 446 g/mol. The minimum Gasteiger partial charge on any atom is -0.465 e. The Labute approximate surface area is 138 Å². The van der Waals surface area contributed by atoms with E-state index in [1.807, 2.05) is 0 Å². The van der Waals surface area contributed by atoms with E-state index >= 15 is 0 Å². The van der Waals surface area contributed by atoms with Crippen LogP contribution in [0.5, 0.6) is 0 Å². The fourth-order valence-corrected chi connectivity index (χ4v) is 2.49. The summed E-state index contributed by atoms with van der Waals surface area (Å²) in [5, 5.41) is -4.90. The summed E-state index contributed by atoms with van der Waals surface area (Å²) in [5.74, 6) is -0.879. The summed E-state index contributed by atoms with van der Waals surface area (Å²) in [7, 11) is -5.82. The highest BCUT2D eigenvalue weighted by Crippen LogP contribution is 2.30. The van der Waals surface area contributed by atoms with E-state index < -0.39 is 40.5 Å². The smallest absolute Gasteiger partial charge is 0.400 e. The van der Waals surface area contributed by atoms with Crippen molar-refractivity contribution in [2.24, 2.45) is 5.92 Å². The molecule has 0 aliphatic heterocycles. The molecule has 0 aromatic heterocycles. The molecule has 1 rings (SSSR count). The molecule has 0 radical (unpaired) electrons. The van der Waals surface area contributed by atoms with E-state index in [1.165, 1.54) is 0 Å². The van der Waals surface area contributed by atoms with Crippen molar-refractivity contribution in [1.82, 2.24) is 0 Å². The Kier molecular flexibility index (Phi) is 8.47. The van der Waals surface area contributed by atoms with E-state index in [-0.39, 0.29) is 29.9 Å². The highest BCUT2D eigenvalue weighted by atomic mass is 127. The summed E-state index contributed by atoms with van der Waals surface area (Å²) >= 11 is 0. The van der Waals surface area contributed by atoms with Gasteiger partial charge in [-0.15, -0.1) is 24.0 Å². The first kappa shape index (κ1) is 20.9. The summed E-state index contributed by atoms with van der Waals surface area (Å²) in [5.41, 5.74) is 0. The lowest BCUT2D eigenvalue weighted by molar-refractivity contribution is -0.150. The minimum absolute atomic E-state index is 0. The molecule has 0 heterocycles. The average molecular weight is 446 g/mol. The normalized spacial score (nSPS) is 18.7. The van der Waals surface area contributed by atoms with Crippen molar-refractivity contribution in [2.75, 3.05) is 6.61 Å². The SMILES string of the molecule is I.O=C(OCCC(F)C(F)(F)S(=O)(=O)O)C1CCCCC1. The molecule has 0 aromatic carbocycles. The van der Waals surface area contributed by atoms with E-state index in [0.717, 1.165) is 19.3 Å². The molecule has 1 atom stereocenters. The Morgan fingerprint density at radius 2 is 1.81 bits per heavy atom. The molecule has 1 aliphatic carbocycles. The van der Waals surface area contributed by atoms with Gasteiger partial charge in [0.25, 0.3) is 0 Å². The van der Waals surface area contributed by atoms with Crippen molar-refractivity contribution < 1.29 is 35.7 Å². The standard InChI is InChI=1S/C11H17F3O5S.HI/c12-9(11(13,14)20(16,17)18)6-7-19-10(15)8-4-2-1-3-5-8;/h8-9H,1-7H2,(H,16,17,18);1H. The molecule has 1 N–H and O–H groups in total. The largest absolute Gasteiger partial charge is 0.465 e. The molecule has 5 nitrogen and oxygen atoms in total. The Hall–Kier alpha value is -0.100. The maximum Gasteiger partial charge on any atom is 0.400 e. The molecule has 1 unspecified atom stereocenters. The first-order chi connectivity index (χ1) is 9.16. The predicted molar refractivity (Wildman–Crippen MR) is 79.0 cm³/mol. The number of carbonyl (C=O) groups excluding carboxylic acids is 1. The van der Waals surface area contributed by atoms with Gasteiger partial charge in [0.15, 0.2) is 6.17 Å². The molecule has 1 aliphatic rings. The zero-order valence-corrected chi connectivity index (χ0v) is 14.3. The highest BCUT2D eigenvalue weighted by Gasteiger charge is 2.52. The van der Waals surface area contributed by atoms with Gasteiger partial charge in [0.2, 0.25) is 0 Å². The third-order valence-electron chi connectivity index (χ3n) is 3.26. The average Bonchev–Trinajstić information content (AvgIpc) is 2.38. The molecule has 10 heteroatoms. The molecule has 0 bridgehead atoms. The zero-order valence-electron chi connectivity index (χ0n) is 11.1. The van der Waals surface area contributed by atoms with E-state index in [0.29, 0.717) is 12.8 Å². The number of esters is 1. The predicted octanol–water partition coefficient (Wildman–Crippen LogP) is 2.94. The summed E-state index contributed by atoms with van der Waals surface area (Å²) in [6, 6.07) is 0. The molecule has 0 saturated heterocycles. The third-order valence-corrected chi connectivity index (χ3v) is 4.21. The minimum atomic E-state index is -5.82. The van der Waals surface area contributed by atoms with Crippen LogP contribution in [0, 0.1) is 5.92 Å². The zero-order chi connectivity index (χ0) is 15.4. The van der Waals surface area contributed by atoms with Gasteiger partial charge >= 0.3 is 21.3 Å². The van der Waals surface area contributed by atoms with Crippen LogP contribution in [-0.2, 0) is 19.6 Å². The lowest BCUT2D eigenvalue weighted by Crippen LogP contribution is -2.39. The Balaban J connectivity index is 0.00000400. The van der Waals surface area contributed by atoms with Crippen molar-refractivity contribution in [3.63, 3.8) is 0 Å². The van der Waals surface area contributed by atoms with Gasteiger partial charge in [-0.25, -0.2) is 4.39 Å². The molecule has 1 fully saturated rings. The van der Waals surface area contributed by atoms with Gasteiger partial charge in [-0.3, -0.25) is 9.35 Å². The van der Waals surface area contributed by atoms with Gasteiger partial charge in [-0.05, 0) is 12.8 Å². The summed E-state index contributed by atoms with van der Waals surface area (Å²) in [6.45, 7) is -0.651. The lowest BCUT2D eigenvalue weighted by atomic mass is 9.89. The molecule has 126 valence electrons. The van der Waals surface area contributed by atoms with Crippen LogP contribution >= 0.6 is 24.0 Å². The summed E-state index contributed by atoms with van der Waals surface area (Å²) in [4.78, 5) is 11.5. The van der Waals surface area contributed by atoms with Crippen LogP contribution in [-0.4, -0.2) is 37.0 Å². The number of halogens is 4. The van der Waals surface area contributed by atoms with Crippen molar-refractivity contribution in [3.8, 4) is 0 Å². The van der Waals surface area contributed by atoms with Gasteiger partial charge in [-0.1, -0.05) is 19.3 Å². The molecule has 1 saturated carbocycles. The third kappa shape index (κ3) is 5.89. The number of ether oxygens (including phenoxy) is 1. The molecule has 21 heavy (non-hydrogen) atoms. The summed E-state index contributed by atoms with van der Waals surface area (Å²) in [6.07, 6.45) is -0.0319. The maximum atomic E-state index is 13.1. The fraction of sp³-hybridized carbons (Fsp3) is 0.909. The number of alkyl halides is 3. The Morgan fingerprint density at radius 3 is 2.29 bits per heavy atom. The molecule has 0 spiro atoms. The van der Waals surface area contributed by atoms with Gasteiger partial charge in [0.05, 0.1) is 12.5 Å². The summed E-state index contributed by atoms with van der Waals surface area (Å²) < 4.78 is 72.3. The van der Waals surface area contributed by atoms with Crippen molar-refractivity contribution in [3.05, 3.63) is 0 Å². The van der Waals surface area contributed by atoms with E-state index in [1.54, 1.807) is 0 Å². The van der Waals surface area contributed by atoms with E-state index in [2.05, 4.69) is 4.74 Å². The molecule has 0 amide bonds. The Morgan fingerprint density at radius 1 is 1.29 bits per heavy atom. The molecule has 0 aromatic rings. The highest BCUT2D eigenvalue weighted by molar-refractivity contribution is 14.0. The first-order valence-electron chi connectivity index (χ1n) is 6.32. The number of rotatable bonds is 6. The number of hydrogen-bond acceptors (Lipinski definition) is 4. The van der Waals surface area contributed by atoms with Crippen LogP contribution in [0.4, 0.5) is 13.2 Å². The number of carbonyl (C=O) groups is 1. The molecular formula is C11H18F3IO5S. The van der Waals surface area contributed by atoms with Gasteiger partial charge in [-0.2, -0.15) is 17.2 Å². The van der Waals surface area contributed by atoms with Crippen LogP contribution in [0.15, 0.2) is 0 Å². The van der Waals surface area contributed by atoms with Crippen LogP contribution in [0.3, 0.4) is 0 Å². The van der Waals surface area contributed by atoms with E-state index in [4.69, 9.17) is 4.55 Å². The van der Waals surface area contributed by atoms with Crippen molar-refractivity contribution >= 4 is 40.1 Å². The lowest BCUT2D eigenvalue weighted by Gasteiger charge is -2.21. The second kappa shape index (κ2) is 8.51. The van der Waals surface area contributed by atoms with Gasteiger partial charge < -0.3 is 4.74 Å². The van der Waals surface area contributed by atoms with Crippen LogP contribution in [0.2, 0.25) is 0 Å². The maximum absolute atomic E-state index is 13.1. The quantitative estimate of drug-likeness (QED) is 0.386. The second-order valence-corrected chi connectivity index (χ2v) is 6.29. The van der Waals surface area contributed by atoms with E-state index in [9.17, 15) is 26.4 Å². The second-order valence-electron chi connectivity index (χ2n) is 4.80.